The maximum absolute atomic E-state index is 5.36. The molecule has 0 unspecified atom stereocenters. The summed E-state index contributed by atoms with van der Waals surface area (Å²) in [7, 11) is 0. The number of benzene rings is 2. The molecule has 3 aromatic rings. The number of piperazine rings is 1. The van der Waals surface area contributed by atoms with Gasteiger partial charge in [-0.2, -0.15) is 4.98 Å². The van der Waals surface area contributed by atoms with Gasteiger partial charge in [0.25, 0.3) is 0 Å². The molecule has 7 nitrogen and oxygen atoms in total. The Kier molecular flexibility index (Phi) is 5.38. The summed E-state index contributed by atoms with van der Waals surface area (Å²) in [6, 6.07) is 17.4. The number of aromatic nitrogens is 3. The van der Waals surface area contributed by atoms with Crippen LogP contribution in [0.15, 0.2) is 54.9 Å². The SMILES string of the molecule is CCc1cc(Nc2ncn(-c3ccccc3)n2)cc(N2CCN(C3COC3)CC2)c1.[HH]. The quantitative estimate of drug-likeness (QED) is 0.678. The summed E-state index contributed by atoms with van der Waals surface area (Å²) in [6.07, 6.45) is 2.74. The van der Waals surface area contributed by atoms with E-state index >= 15 is 0 Å². The highest BCUT2D eigenvalue weighted by atomic mass is 16.5. The number of rotatable bonds is 6. The maximum atomic E-state index is 5.36. The monoisotopic (exact) mass is 406 g/mol. The molecule has 0 amide bonds. The second-order valence-corrected chi connectivity index (χ2v) is 7.93. The molecule has 0 atom stereocenters. The summed E-state index contributed by atoms with van der Waals surface area (Å²) in [4.78, 5) is 9.48. The molecule has 2 saturated heterocycles. The van der Waals surface area contributed by atoms with Crippen LogP contribution in [0.2, 0.25) is 0 Å². The van der Waals surface area contributed by atoms with E-state index in [9.17, 15) is 0 Å². The summed E-state index contributed by atoms with van der Waals surface area (Å²) in [5, 5.41) is 7.98. The topological polar surface area (TPSA) is 58.5 Å². The average Bonchev–Trinajstić information content (AvgIpc) is 3.22. The van der Waals surface area contributed by atoms with Crippen LogP contribution >= 0.6 is 0 Å². The molecular weight excluding hydrogens is 376 g/mol. The van der Waals surface area contributed by atoms with Gasteiger partial charge in [0, 0.05) is 39.0 Å². The average molecular weight is 407 g/mol. The summed E-state index contributed by atoms with van der Waals surface area (Å²) < 4.78 is 7.14. The highest BCUT2D eigenvalue weighted by Crippen LogP contribution is 2.26. The van der Waals surface area contributed by atoms with Gasteiger partial charge in [0.05, 0.1) is 24.9 Å². The normalized spacial score (nSPS) is 17.7. The summed E-state index contributed by atoms with van der Waals surface area (Å²) in [5.41, 5.74) is 4.61. The van der Waals surface area contributed by atoms with E-state index in [0.717, 1.165) is 57.2 Å². The van der Waals surface area contributed by atoms with Crippen LogP contribution in [-0.4, -0.2) is 65.1 Å². The minimum absolute atomic E-state index is 0. The third-order valence-corrected chi connectivity index (χ3v) is 5.97. The molecule has 0 radical (unpaired) electrons. The largest absolute Gasteiger partial charge is 0.378 e. The number of anilines is 3. The molecule has 5 rings (SSSR count). The summed E-state index contributed by atoms with van der Waals surface area (Å²) in [5.74, 6) is 0.604. The Morgan fingerprint density at radius 3 is 2.53 bits per heavy atom. The van der Waals surface area contributed by atoms with Crippen molar-refractivity contribution in [2.75, 3.05) is 49.6 Å². The Morgan fingerprint density at radius 2 is 1.83 bits per heavy atom. The maximum Gasteiger partial charge on any atom is 0.246 e. The van der Waals surface area contributed by atoms with E-state index in [0.29, 0.717) is 12.0 Å². The fourth-order valence-corrected chi connectivity index (χ4v) is 4.07. The van der Waals surface area contributed by atoms with Crippen LogP contribution < -0.4 is 10.2 Å². The van der Waals surface area contributed by atoms with Gasteiger partial charge in [0.15, 0.2) is 0 Å². The molecular formula is C23H30N6O. The summed E-state index contributed by atoms with van der Waals surface area (Å²) >= 11 is 0. The lowest BCUT2D eigenvalue weighted by atomic mass is 10.1. The second kappa shape index (κ2) is 8.45. The number of hydrogen-bond donors (Lipinski definition) is 1. The predicted octanol–water partition coefficient (Wildman–Crippen LogP) is 3.34. The van der Waals surface area contributed by atoms with Crippen molar-refractivity contribution in [3.05, 3.63) is 60.4 Å². The number of ether oxygens (including phenoxy) is 1. The Labute approximate surface area is 178 Å². The van der Waals surface area contributed by atoms with Crippen LogP contribution in [0.4, 0.5) is 17.3 Å². The lowest BCUT2D eigenvalue weighted by Gasteiger charge is -2.43. The molecule has 0 spiro atoms. The highest BCUT2D eigenvalue weighted by Gasteiger charge is 2.29. The first kappa shape index (κ1) is 19.1. The Balaban J connectivity index is 0.00000231. The Bertz CT molecular complexity index is 983. The van der Waals surface area contributed by atoms with E-state index in [2.05, 4.69) is 50.3 Å². The zero-order chi connectivity index (χ0) is 20.3. The molecule has 2 aliphatic heterocycles. The van der Waals surface area contributed by atoms with Gasteiger partial charge in [-0.3, -0.25) is 4.90 Å². The van der Waals surface area contributed by atoms with Gasteiger partial charge in [-0.1, -0.05) is 25.1 Å². The van der Waals surface area contributed by atoms with E-state index in [1.165, 1.54) is 11.3 Å². The molecule has 0 saturated carbocycles. The molecule has 1 N–H and O–H groups in total. The fourth-order valence-electron chi connectivity index (χ4n) is 4.07. The lowest BCUT2D eigenvalue weighted by Crippen LogP contribution is -2.56. The zero-order valence-electron chi connectivity index (χ0n) is 17.4. The van der Waals surface area contributed by atoms with Gasteiger partial charge < -0.3 is 15.0 Å². The van der Waals surface area contributed by atoms with Crippen molar-refractivity contribution in [1.29, 1.82) is 0 Å². The van der Waals surface area contributed by atoms with Gasteiger partial charge in [0.2, 0.25) is 5.95 Å². The molecule has 158 valence electrons. The van der Waals surface area contributed by atoms with Crippen molar-refractivity contribution in [3.8, 4) is 5.69 Å². The first-order valence-electron chi connectivity index (χ1n) is 10.7. The highest BCUT2D eigenvalue weighted by molar-refractivity contribution is 5.64. The third kappa shape index (κ3) is 4.04. The molecule has 3 heterocycles. The number of aryl methyl sites for hydroxylation is 1. The van der Waals surface area contributed by atoms with Gasteiger partial charge in [-0.05, 0) is 42.3 Å². The van der Waals surface area contributed by atoms with Gasteiger partial charge in [0.1, 0.15) is 6.33 Å². The van der Waals surface area contributed by atoms with Crippen molar-refractivity contribution in [1.82, 2.24) is 19.7 Å². The molecule has 0 bridgehead atoms. The Morgan fingerprint density at radius 1 is 1.03 bits per heavy atom. The van der Waals surface area contributed by atoms with Crippen LogP contribution in [0.3, 0.4) is 0 Å². The van der Waals surface area contributed by atoms with Crippen LogP contribution in [0.25, 0.3) is 5.69 Å². The smallest absolute Gasteiger partial charge is 0.246 e. The second-order valence-electron chi connectivity index (χ2n) is 7.93. The standard InChI is InChI=1S/C23H28N6O.H2/c1-2-18-12-19(25-23-24-17-29(26-23)20-6-4-3-5-7-20)14-21(13-18)27-8-10-28(11-9-27)22-15-30-16-22;/h3-7,12-14,17,22H,2,8-11,15-16H2,1H3,(H,25,26);1H. The molecule has 7 heteroatoms. The lowest BCUT2D eigenvalue weighted by molar-refractivity contribution is -0.0660. The molecule has 1 aromatic heterocycles. The molecule has 2 fully saturated rings. The number of nitrogens with one attached hydrogen (secondary N) is 1. The van der Waals surface area contributed by atoms with E-state index in [1.54, 1.807) is 11.0 Å². The van der Waals surface area contributed by atoms with Gasteiger partial charge in [-0.15, -0.1) is 5.10 Å². The molecule has 0 aliphatic carbocycles. The van der Waals surface area contributed by atoms with Crippen LogP contribution in [0, 0.1) is 0 Å². The van der Waals surface area contributed by atoms with Crippen molar-refractivity contribution in [2.24, 2.45) is 0 Å². The van der Waals surface area contributed by atoms with E-state index in [1.807, 2.05) is 30.3 Å². The van der Waals surface area contributed by atoms with Crippen LogP contribution in [-0.2, 0) is 11.2 Å². The van der Waals surface area contributed by atoms with Crippen molar-refractivity contribution >= 4 is 17.3 Å². The molecule has 30 heavy (non-hydrogen) atoms. The minimum Gasteiger partial charge on any atom is -0.378 e. The van der Waals surface area contributed by atoms with Crippen molar-refractivity contribution in [2.45, 2.75) is 19.4 Å². The van der Waals surface area contributed by atoms with Crippen molar-refractivity contribution in [3.63, 3.8) is 0 Å². The van der Waals surface area contributed by atoms with Gasteiger partial charge >= 0.3 is 0 Å². The van der Waals surface area contributed by atoms with E-state index < -0.39 is 0 Å². The van der Waals surface area contributed by atoms with E-state index in [4.69, 9.17) is 4.74 Å². The fraction of sp³-hybridized carbons (Fsp3) is 0.391. The number of nitrogens with zero attached hydrogens (tertiary/aromatic N) is 5. The van der Waals surface area contributed by atoms with E-state index in [-0.39, 0.29) is 1.43 Å². The minimum atomic E-state index is 0. The number of para-hydroxylation sites is 1. The zero-order valence-corrected chi connectivity index (χ0v) is 17.4. The first-order valence-corrected chi connectivity index (χ1v) is 10.7. The summed E-state index contributed by atoms with van der Waals surface area (Å²) in [6.45, 7) is 8.25. The number of hydrogen-bond acceptors (Lipinski definition) is 6. The van der Waals surface area contributed by atoms with Crippen molar-refractivity contribution < 1.29 is 6.16 Å². The molecule has 2 aromatic carbocycles. The van der Waals surface area contributed by atoms with Crippen LogP contribution in [0.5, 0.6) is 0 Å². The van der Waals surface area contributed by atoms with Gasteiger partial charge in [-0.25, -0.2) is 4.68 Å². The van der Waals surface area contributed by atoms with Crippen LogP contribution in [0.1, 0.15) is 13.9 Å². The molecule has 2 aliphatic rings. The predicted molar refractivity (Wildman–Crippen MR) is 121 cm³/mol. The third-order valence-electron chi connectivity index (χ3n) is 5.97. The Hall–Kier alpha value is -2.90. The first-order chi connectivity index (χ1) is 14.8.